The van der Waals surface area contributed by atoms with Gasteiger partial charge in [-0.05, 0) is 36.1 Å². The van der Waals surface area contributed by atoms with Gasteiger partial charge in [-0.1, -0.05) is 20.8 Å². The molecule has 0 saturated carbocycles. The van der Waals surface area contributed by atoms with Gasteiger partial charge in [0.1, 0.15) is 5.75 Å². The molecule has 22 heavy (non-hydrogen) atoms. The number of nitrogens with two attached hydrogens (primary N) is 1. The predicted octanol–water partition coefficient (Wildman–Crippen LogP) is 3.25. The highest BCUT2D eigenvalue weighted by Gasteiger charge is 2.29. The van der Waals surface area contributed by atoms with Crippen LogP contribution in [0.15, 0.2) is 18.2 Å². The van der Waals surface area contributed by atoms with Crippen LogP contribution < -0.4 is 15.8 Å². The second kappa shape index (κ2) is 6.56. The largest absolute Gasteiger partial charge is 0.484 e. The van der Waals surface area contributed by atoms with Crippen LogP contribution in [0.2, 0.25) is 0 Å². The smallest absolute Gasteiger partial charge is 0.422 e. The SMILES string of the molecule is Cc1cc(NC(=O)[C@@H](N)C(C)(C)C)ccc1OCC(F)(F)F. The maximum atomic E-state index is 12.1. The lowest BCUT2D eigenvalue weighted by Crippen LogP contribution is -2.45. The van der Waals surface area contributed by atoms with E-state index in [1.807, 2.05) is 20.8 Å². The summed E-state index contributed by atoms with van der Waals surface area (Å²) in [6.07, 6.45) is -4.39. The molecule has 1 atom stereocenters. The van der Waals surface area contributed by atoms with Crippen molar-refractivity contribution in [3.63, 3.8) is 0 Å². The molecule has 0 unspecified atom stereocenters. The second-order valence-electron chi connectivity index (χ2n) is 6.22. The highest BCUT2D eigenvalue weighted by atomic mass is 19.4. The van der Waals surface area contributed by atoms with Crippen LogP contribution in [0.1, 0.15) is 26.3 Å². The van der Waals surface area contributed by atoms with E-state index in [1.54, 1.807) is 13.0 Å². The number of alkyl halides is 3. The molecule has 0 spiro atoms. The Bertz CT molecular complexity index is 537. The van der Waals surface area contributed by atoms with Crippen LogP contribution in [0, 0.1) is 12.3 Å². The number of carbonyl (C=O) groups excluding carboxylic acids is 1. The van der Waals surface area contributed by atoms with Crippen LogP contribution in [-0.2, 0) is 4.79 Å². The molecule has 0 fully saturated rings. The molecule has 0 saturated heterocycles. The lowest BCUT2D eigenvalue weighted by Gasteiger charge is -2.25. The molecule has 7 heteroatoms. The van der Waals surface area contributed by atoms with E-state index in [9.17, 15) is 18.0 Å². The molecular formula is C15H21F3N2O2. The first-order valence-corrected chi connectivity index (χ1v) is 6.77. The summed E-state index contributed by atoms with van der Waals surface area (Å²) >= 11 is 0. The maximum absolute atomic E-state index is 12.1. The Labute approximate surface area is 127 Å². The quantitative estimate of drug-likeness (QED) is 0.895. The molecule has 4 nitrogen and oxygen atoms in total. The number of hydrogen-bond acceptors (Lipinski definition) is 3. The summed E-state index contributed by atoms with van der Waals surface area (Å²) in [7, 11) is 0. The molecule has 1 rings (SSSR count). The molecular weight excluding hydrogens is 297 g/mol. The third kappa shape index (κ3) is 5.55. The van der Waals surface area contributed by atoms with E-state index in [2.05, 4.69) is 5.32 Å². The van der Waals surface area contributed by atoms with Crippen molar-refractivity contribution in [2.45, 2.75) is 39.9 Å². The van der Waals surface area contributed by atoms with Gasteiger partial charge in [-0.25, -0.2) is 0 Å². The number of hydrogen-bond donors (Lipinski definition) is 2. The molecule has 1 aromatic carbocycles. The van der Waals surface area contributed by atoms with E-state index in [-0.39, 0.29) is 11.7 Å². The van der Waals surface area contributed by atoms with Gasteiger partial charge in [0.2, 0.25) is 5.91 Å². The van der Waals surface area contributed by atoms with E-state index in [0.717, 1.165) is 0 Å². The highest BCUT2D eigenvalue weighted by Crippen LogP contribution is 2.25. The Hall–Kier alpha value is -1.76. The topological polar surface area (TPSA) is 64.4 Å². The van der Waals surface area contributed by atoms with Gasteiger partial charge in [0.05, 0.1) is 6.04 Å². The summed E-state index contributed by atoms with van der Waals surface area (Å²) < 4.78 is 41.1. The predicted molar refractivity (Wildman–Crippen MR) is 78.8 cm³/mol. The molecule has 1 amide bonds. The number of rotatable bonds is 4. The first-order valence-electron chi connectivity index (χ1n) is 6.77. The van der Waals surface area contributed by atoms with Gasteiger partial charge < -0.3 is 15.8 Å². The van der Waals surface area contributed by atoms with Gasteiger partial charge in [0.25, 0.3) is 0 Å². The zero-order chi connectivity index (χ0) is 17.1. The molecule has 0 bridgehead atoms. The monoisotopic (exact) mass is 318 g/mol. The van der Waals surface area contributed by atoms with Crippen LogP contribution >= 0.6 is 0 Å². The van der Waals surface area contributed by atoms with E-state index in [1.165, 1.54) is 12.1 Å². The molecule has 3 N–H and O–H groups in total. The van der Waals surface area contributed by atoms with Gasteiger partial charge in [-0.15, -0.1) is 0 Å². The number of nitrogens with one attached hydrogen (secondary N) is 1. The third-order valence-corrected chi connectivity index (χ3v) is 3.05. The van der Waals surface area contributed by atoms with Gasteiger partial charge in [0, 0.05) is 5.69 Å². The van der Waals surface area contributed by atoms with Gasteiger partial charge >= 0.3 is 6.18 Å². The number of amides is 1. The van der Waals surface area contributed by atoms with E-state index < -0.39 is 24.2 Å². The summed E-state index contributed by atoms with van der Waals surface area (Å²) in [6.45, 7) is 5.78. The minimum absolute atomic E-state index is 0.121. The van der Waals surface area contributed by atoms with Crippen LogP contribution in [0.25, 0.3) is 0 Å². The maximum Gasteiger partial charge on any atom is 0.422 e. The fourth-order valence-electron chi connectivity index (χ4n) is 1.66. The van der Waals surface area contributed by atoms with Crippen molar-refractivity contribution in [3.05, 3.63) is 23.8 Å². The van der Waals surface area contributed by atoms with Crippen LogP contribution in [0.5, 0.6) is 5.75 Å². The number of anilines is 1. The standard InChI is InChI=1S/C15H21F3N2O2/c1-9-7-10(20-13(21)12(19)14(2,3)4)5-6-11(9)22-8-15(16,17)18/h5-7,12H,8,19H2,1-4H3,(H,20,21)/t12-/m1/s1. The molecule has 1 aromatic rings. The minimum Gasteiger partial charge on any atom is -0.484 e. The normalized spacial score (nSPS) is 13.6. The summed E-state index contributed by atoms with van der Waals surface area (Å²) in [5, 5.41) is 2.65. The van der Waals surface area contributed by atoms with E-state index in [4.69, 9.17) is 10.5 Å². The van der Waals surface area contributed by atoms with Gasteiger partial charge in [-0.3, -0.25) is 4.79 Å². The molecule has 0 aromatic heterocycles. The summed E-state index contributed by atoms with van der Waals surface area (Å²) in [5.74, 6) is -0.230. The van der Waals surface area contributed by atoms with Crippen molar-refractivity contribution in [3.8, 4) is 5.75 Å². The van der Waals surface area contributed by atoms with Crippen molar-refractivity contribution in [2.75, 3.05) is 11.9 Å². The van der Waals surface area contributed by atoms with E-state index >= 15 is 0 Å². The number of carbonyl (C=O) groups is 1. The molecule has 0 heterocycles. The minimum atomic E-state index is -4.39. The number of benzene rings is 1. The Kier molecular flexibility index (Phi) is 5.45. The lowest BCUT2D eigenvalue weighted by atomic mass is 9.87. The Balaban J connectivity index is 2.75. The van der Waals surface area contributed by atoms with Crippen molar-refractivity contribution in [2.24, 2.45) is 11.1 Å². The first kappa shape index (κ1) is 18.3. The summed E-state index contributed by atoms with van der Waals surface area (Å²) in [6, 6.07) is 3.71. The molecule has 124 valence electrons. The Morgan fingerprint density at radius 3 is 2.36 bits per heavy atom. The van der Waals surface area contributed by atoms with Crippen molar-refractivity contribution < 1.29 is 22.7 Å². The van der Waals surface area contributed by atoms with Crippen molar-refractivity contribution in [1.29, 1.82) is 0 Å². The average Bonchev–Trinajstić information content (AvgIpc) is 2.34. The zero-order valence-electron chi connectivity index (χ0n) is 13.0. The summed E-state index contributed by atoms with van der Waals surface area (Å²) in [5.41, 5.74) is 6.40. The van der Waals surface area contributed by atoms with Crippen LogP contribution in [0.4, 0.5) is 18.9 Å². The number of aryl methyl sites for hydroxylation is 1. The fourth-order valence-corrected chi connectivity index (χ4v) is 1.66. The van der Waals surface area contributed by atoms with Gasteiger partial charge in [0.15, 0.2) is 6.61 Å². The fraction of sp³-hybridized carbons (Fsp3) is 0.533. The van der Waals surface area contributed by atoms with Crippen molar-refractivity contribution in [1.82, 2.24) is 0 Å². The average molecular weight is 318 g/mol. The zero-order valence-corrected chi connectivity index (χ0v) is 13.0. The molecule has 0 aliphatic rings. The van der Waals surface area contributed by atoms with Gasteiger partial charge in [-0.2, -0.15) is 13.2 Å². The van der Waals surface area contributed by atoms with E-state index in [0.29, 0.717) is 11.3 Å². The second-order valence-corrected chi connectivity index (χ2v) is 6.22. The third-order valence-electron chi connectivity index (χ3n) is 3.05. The summed E-state index contributed by atoms with van der Waals surface area (Å²) in [4.78, 5) is 12.0. The number of halogens is 3. The number of ether oxygens (including phenoxy) is 1. The Morgan fingerprint density at radius 1 is 1.32 bits per heavy atom. The molecule has 0 aliphatic carbocycles. The highest BCUT2D eigenvalue weighted by molar-refractivity contribution is 5.95. The molecule has 0 radical (unpaired) electrons. The lowest BCUT2D eigenvalue weighted by molar-refractivity contribution is -0.153. The Morgan fingerprint density at radius 2 is 1.91 bits per heavy atom. The first-order chi connectivity index (χ1) is 9.90. The van der Waals surface area contributed by atoms with Crippen LogP contribution in [0.3, 0.4) is 0 Å². The van der Waals surface area contributed by atoms with Crippen molar-refractivity contribution >= 4 is 11.6 Å². The molecule has 0 aliphatic heterocycles. The van der Waals surface area contributed by atoms with Crippen LogP contribution in [-0.4, -0.2) is 24.7 Å².